The molecule has 9 nitrogen and oxygen atoms in total. The molecule has 0 unspecified atom stereocenters. The number of nitrogens with zero attached hydrogens (tertiary/aromatic N) is 3. The van der Waals surface area contributed by atoms with Crippen LogP contribution in [-0.4, -0.2) is 67.0 Å². The van der Waals surface area contributed by atoms with Crippen molar-refractivity contribution in [2.75, 3.05) is 26.3 Å². The molecule has 0 saturated carbocycles. The molecule has 2 aliphatic heterocycles. The van der Waals surface area contributed by atoms with Crippen molar-refractivity contribution >= 4 is 23.6 Å². The third kappa shape index (κ3) is 9.72. The molecule has 2 N–H and O–H groups in total. The Kier molecular flexibility index (Phi) is 13.1. The van der Waals surface area contributed by atoms with Gasteiger partial charge in [-0.2, -0.15) is 0 Å². The first kappa shape index (κ1) is 29.6. The van der Waals surface area contributed by atoms with Crippen LogP contribution in [0.3, 0.4) is 0 Å². The fourth-order valence-electron chi connectivity index (χ4n) is 4.44. The third-order valence-electron chi connectivity index (χ3n) is 6.75. The Morgan fingerprint density at radius 1 is 0.711 bits per heavy atom. The number of amides is 2. The van der Waals surface area contributed by atoms with Crippen molar-refractivity contribution in [1.82, 2.24) is 15.6 Å². The van der Waals surface area contributed by atoms with Crippen LogP contribution in [0, 0.1) is 0 Å². The maximum atomic E-state index is 12.5. The lowest BCUT2D eigenvalue weighted by atomic mass is 10.1. The molecule has 9 heteroatoms. The fourth-order valence-corrected chi connectivity index (χ4v) is 4.44. The summed E-state index contributed by atoms with van der Waals surface area (Å²) in [6.07, 6.45) is 14.1. The molecule has 0 fully saturated rings. The lowest BCUT2D eigenvalue weighted by molar-refractivity contribution is -0.123. The van der Waals surface area contributed by atoms with Crippen LogP contribution < -0.4 is 10.6 Å². The zero-order valence-electron chi connectivity index (χ0n) is 23.2. The van der Waals surface area contributed by atoms with E-state index in [1.807, 2.05) is 6.07 Å². The Bertz CT molecular complexity index is 877. The van der Waals surface area contributed by atoms with Gasteiger partial charge >= 0.3 is 0 Å². The summed E-state index contributed by atoms with van der Waals surface area (Å²) < 4.78 is 11.4. The number of hydrogen-bond donors (Lipinski definition) is 2. The van der Waals surface area contributed by atoms with Gasteiger partial charge in [0.05, 0.1) is 0 Å². The van der Waals surface area contributed by atoms with E-state index in [4.69, 9.17) is 9.47 Å². The summed E-state index contributed by atoms with van der Waals surface area (Å²) in [6.45, 7) is 6.12. The van der Waals surface area contributed by atoms with E-state index >= 15 is 0 Å². The molecular weight excluding hydrogens is 482 g/mol. The van der Waals surface area contributed by atoms with E-state index in [2.05, 4.69) is 39.4 Å². The second-order valence-corrected chi connectivity index (χ2v) is 10.0. The zero-order valence-corrected chi connectivity index (χ0v) is 23.2. The Morgan fingerprint density at radius 2 is 1.13 bits per heavy atom. The number of unbranched alkanes of at least 4 members (excludes halogenated alkanes) is 10. The molecule has 0 radical (unpaired) electrons. The first-order chi connectivity index (χ1) is 18.6. The highest BCUT2D eigenvalue weighted by molar-refractivity contribution is 6.00. The number of aromatic nitrogens is 1. The van der Waals surface area contributed by atoms with Crippen molar-refractivity contribution in [3.05, 3.63) is 29.6 Å². The molecule has 2 aliphatic rings. The van der Waals surface area contributed by atoms with Gasteiger partial charge in [-0.3, -0.25) is 9.59 Å². The van der Waals surface area contributed by atoms with Crippen LogP contribution in [0.5, 0.6) is 0 Å². The van der Waals surface area contributed by atoms with E-state index in [-0.39, 0.29) is 25.0 Å². The molecular formula is C29H45N5O4. The highest BCUT2D eigenvalue weighted by Gasteiger charge is 2.29. The van der Waals surface area contributed by atoms with Crippen LogP contribution in [0.1, 0.15) is 102 Å². The molecule has 1 aromatic rings. The van der Waals surface area contributed by atoms with Crippen molar-refractivity contribution < 1.29 is 19.1 Å². The minimum atomic E-state index is -0.574. The van der Waals surface area contributed by atoms with Gasteiger partial charge < -0.3 is 20.1 Å². The quantitative estimate of drug-likeness (QED) is 0.276. The molecule has 38 heavy (non-hydrogen) atoms. The van der Waals surface area contributed by atoms with Gasteiger partial charge in [0, 0.05) is 13.1 Å². The Hall–Kier alpha value is -2.97. The van der Waals surface area contributed by atoms with Gasteiger partial charge in [-0.1, -0.05) is 84.1 Å². The molecule has 0 bridgehead atoms. The van der Waals surface area contributed by atoms with E-state index in [0.29, 0.717) is 36.3 Å². The number of hydrogen-bond acceptors (Lipinski definition) is 7. The van der Waals surface area contributed by atoms with E-state index in [1.165, 1.54) is 51.4 Å². The van der Waals surface area contributed by atoms with Crippen molar-refractivity contribution in [1.29, 1.82) is 0 Å². The number of carbonyl (C=O) groups excluding carboxylic acids is 2. The molecule has 0 spiro atoms. The average molecular weight is 528 g/mol. The smallest absolute Gasteiger partial charge is 0.248 e. The summed E-state index contributed by atoms with van der Waals surface area (Å²) in [4.78, 5) is 38.5. The summed E-state index contributed by atoms with van der Waals surface area (Å²) in [5.74, 6) is 0.419. The van der Waals surface area contributed by atoms with Crippen molar-refractivity contribution in [2.24, 2.45) is 9.98 Å². The average Bonchev–Trinajstić information content (AvgIpc) is 3.63. The van der Waals surface area contributed by atoms with E-state index < -0.39 is 12.1 Å². The van der Waals surface area contributed by atoms with Crippen molar-refractivity contribution in [3.8, 4) is 0 Å². The molecule has 0 saturated heterocycles. The predicted molar refractivity (Wildman–Crippen MR) is 150 cm³/mol. The molecule has 2 amide bonds. The van der Waals surface area contributed by atoms with E-state index in [0.717, 1.165) is 25.7 Å². The van der Waals surface area contributed by atoms with Gasteiger partial charge in [0.1, 0.15) is 24.6 Å². The van der Waals surface area contributed by atoms with Crippen molar-refractivity contribution in [2.45, 2.75) is 103 Å². The monoisotopic (exact) mass is 527 g/mol. The molecule has 3 heterocycles. The van der Waals surface area contributed by atoms with E-state index in [1.54, 1.807) is 12.1 Å². The highest BCUT2D eigenvalue weighted by atomic mass is 16.5. The molecule has 0 aliphatic carbocycles. The van der Waals surface area contributed by atoms with Gasteiger partial charge in [-0.25, -0.2) is 15.0 Å². The number of rotatable bonds is 18. The molecule has 2 atom stereocenters. The van der Waals surface area contributed by atoms with Gasteiger partial charge in [-0.15, -0.1) is 0 Å². The number of nitrogens with one attached hydrogen (secondary N) is 2. The number of pyridine rings is 1. The standard InChI is InChI=1S/C29H45N5O4/c1-3-5-7-9-11-13-18-30-26(35)24-20-37-28(33-24)22-16-15-17-23(32-22)29-34-25(21-38-29)27(36)31-19-14-12-10-8-6-4-2/h15-17,24-25H,3-14,18-21H2,1-2H3,(H,30,35)(H,31,36)/t24-,25-/m0/s1. The van der Waals surface area contributed by atoms with Gasteiger partial charge in [0.15, 0.2) is 12.1 Å². The summed E-state index contributed by atoms with van der Waals surface area (Å²) >= 11 is 0. The number of ether oxygens (including phenoxy) is 2. The minimum absolute atomic E-state index is 0.122. The molecule has 0 aromatic carbocycles. The summed E-state index contributed by atoms with van der Waals surface area (Å²) in [7, 11) is 0. The van der Waals surface area contributed by atoms with Crippen molar-refractivity contribution in [3.63, 3.8) is 0 Å². The van der Waals surface area contributed by atoms with Crippen LogP contribution in [0.25, 0.3) is 0 Å². The third-order valence-corrected chi connectivity index (χ3v) is 6.75. The second kappa shape index (κ2) is 16.8. The lowest BCUT2D eigenvalue weighted by Gasteiger charge is -2.07. The lowest BCUT2D eigenvalue weighted by Crippen LogP contribution is -2.34. The maximum Gasteiger partial charge on any atom is 0.248 e. The predicted octanol–water partition coefficient (Wildman–Crippen LogP) is 4.33. The minimum Gasteiger partial charge on any atom is -0.474 e. The first-order valence-corrected chi connectivity index (χ1v) is 14.6. The van der Waals surface area contributed by atoms with Gasteiger partial charge in [0.2, 0.25) is 23.6 Å². The van der Waals surface area contributed by atoms with Gasteiger partial charge in [-0.05, 0) is 25.0 Å². The normalized spacial score (nSPS) is 18.4. The Balaban J connectivity index is 1.44. The highest BCUT2D eigenvalue weighted by Crippen LogP contribution is 2.15. The first-order valence-electron chi connectivity index (χ1n) is 14.6. The SMILES string of the molecule is CCCCCCCCNC(=O)[C@@H]1COC(c2cccc(C3=N[C@H](C(=O)NCCCCCCCC)CO3)n2)=N1. The summed E-state index contributed by atoms with van der Waals surface area (Å²) in [6, 6.07) is 4.22. The molecule has 3 rings (SSSR count). The maximum absolute atomic E-state index is 12.5. The van der Waals surface area contributed by atoms with E-state index in [9.17, 15) is 9.59 Å². The van der Waals surface area contributed by atoms with Gasteiger partial charge in [0.25, 0.3) is 0 Å². The Labute approximate surface area is 227 Å². The van der Waals surface area contributed by atoms with Crippen LogP contribution in [0.4, 0.5) is 0 Å². The van der Waals surface area contributed by atoms with Crippen LogP contribution >= 0.6 is 0 Å². The largest absolute Gasteiger partial charge is 0.474 e. The summed E-state index contributed by atoms with van der Waals surface area (Å²) in [5, 5.41) is 5.93. The molecule has 210 valence electrons. The second-order valence-electron chi connectivity index (χ2n) is 10.0. The Morgan fingerprint density at radius 3 is 1.58 bits per heavy atom. The van der Waals surface area contributed by atoms with Crippen LogP contribution in [0.2, 0.25) is 0 Å². The van der Waals surface area contributed by atoms with Crippen LogP contribution in [-0.2, 0) is 19.1 Å². The number of aliphatic imine (C=N–C) groups is 2. The fraction of sp³-hybridized carbons (Fsp3) is 0.690. The van der Waals surface area contributed by atoms with Crippen LogP contribution in [0.15, 0.2) is 28.2 Å². The summed E-state index contributed by atoms with van der Waals surface area (Å²) in [5.41, 5.74) is 1.02. The zero-order chi connectivity index (χ0) is 27.0. The molecule has 1 aromatic heterocycles. The number of carbonyl (C=O) groups is 2. The topological polar surface area (TPSA) is 114 Å².